The molecule has 25 heavy (non-hydrogen) atoms. The van der Waals surface area contributed by atoms with Gasteiger partial charge in [0.15, 0.2) is 0 Å². The molecule has 0 radical (unpaired) electrons. The first kappa shape index (κ1) is 18.0. The molecule has 0 atom stereocenters. The van der Waals surface area contributed by atoms with Crippen LogP contribution in [0.5, 0.6) is 0 Å². The Morgan fingerprint density at radius 1 is 1.20 bits per heavy atom. The van der Waals surface area contributed by atoms with Crippen molar-refractivity contribution in [2.45, 2.75) is 6.92 Å². The van der Waals surface area contributed by atoms with Crippen LogP contribution in [0.1, 0.15) is 6.92 Å². The molecule has 1 saturated heterocycles. The van der Waals surface area contributed by atoms with Crippen molar-refractivity contribution in [2.24, 2.45) is 0 Å². The van der Waals surface area contributed by atoms with E-state index in [0.717, 1.165) is 26.2 Å². The van der Waals surface area contributed by atoms with Crippen molar-refractivity contribution in [3.05, 3.63) is 28.2 Å². The van der Waals surface area contributed by atoms with Crippen molar-refractivity contribution in [3.8, 4) is 11.4 Å². The molecular formula is C16H19Cl2N5O2. The van der Waals surface area contributed by atoms with Crippen LogP contribution in [0.15, 0.2) is 22.7 Å². The van der Waals surface area contributed by atoms with E-state index in [2.05, 4.69) is 20.4 Å². The van der Waals surface area contributed by atoms with E-state index in [1.807, 2.05) is 11.8 Å². The Balaban J connectivity index is 1.61. The van der Waals surface area contributed by atoms with Gasteiger partial charge in [-0.3, -0.25) is 9.69 Å². The van der Waals surface area contributed by atoms with E-state index in [1.54, 1.807) is 18.2 Å². The van der Waals surface area contributed by atoms with Gasteiger partial charge in [0.2, 0.25) is 11.7 Å². The van der Waals surface area contributed by atoms with E-state index >= 15 is 0 Å². The van der Waals surface area contributed by atoms with Crippen LogP contribution in [0, 0.1) is 0 Å². The fourth-order valence-corrected chi connectivity index (χ4v) is 3.22. The second-order valence-corrected chi connectivity index (χ2v) is 6.65. The molecule has 1 aromatic heterocycles. The lowest BCUT2D eigenvalue weighted by Crippen LogP contribution is -2.49. The molecule has 0 saturated carbocycles. The highest BCUT2D eigenvalue weighted by atomic mass is 35.5. The minimum Gasteiger partial charge on any atom is -0.355 e. The molecule has 1 fully saturated rings. The maximum absolute atomic E-state index is 11.6. The van der Waals surface area contributed by atoms with Crippen LogP contribution in [-0.2, 0) is 4.79 Å². The quantitative estimate of drug-likeness (QED) is 0.853. The van der Waals surface area contributed by atoms with Crippen LogP contribution >= 0.6 is 23.2 Å². The van der Waals surface area contributed by atoms with Gasteiger partial charge in [-0.2, -0.15) is 4.98 Å². The average molecular weight is 384 g/mol. The summed E-state index contributed by atoms with van der Waals surface area (Å²) in [5.41, 5.74) is 0.711. The van der Waals surface area contributed by atoms with E-state index in [0.29, 0.717) is 40.5 Å². The second kappa shape index (κ2) is 8.03. The van der Waals surface area contributed by atoms with Crippen molar-refractivity contribution in [1.82, 2.24) is 20.4 Å². The van der Waals surface area contributed by atoms with Crippen LogP contribution in [0.2, 0.25) is 10.0 Å². The Labute approximate surface area is 155 Å². The molecule has 0 aliphatic carbocycles. The summed E-state index contributed by atoms with van der Waals surface area (Å²) in [5.74, 6) is 0.498. The van der Waals surface area contributed by atoms with Crippen LogP contribution in [0.25, 0.3) is 11.4 Å². The van der Waals surface area contributed by atoms with Crippen molar-refractivity contribution >= 4 is 35.1 Å². The number of hydrogen-bond donors (Lipinski definition) is 1. The first-order valence-electron chi connectivity index (χ1n) is 8.09. The summed E-state index contributed by atoms with van der Waals surface area (Å²) in [5, 5.41) is 7.86. The van der Waals surface area contributed by atoms with E-state index in [4.69, 9.17) is 27.7 Å². The Morgan fingerprint density at radius 2 is 1.88 bits per heavy atom. The number of halogens is 2. The molecule has 2 heterocycles. The minimum absolute atomic E-state index is 0.0499. The smallest absolute Gasteiger partial charge is 0.324 e. The first-order valence-corrected chi connectivity index (χ1v) is 8.85. The zero-order chi connectivity index (χ0) is 17.8. The molecule has 1 aliphatic rings. The number of carbonyl (C=O) groups excluding carboxylic acids is 1. The molecule has 0 spiro atoms. The fraction of sp³-hybridized carbons (Fsp3) is 0.438. The summed E-state index contributed by atoms with van der Waals surface area (Å²) in [6, 6.07) is 5.60. The molecule has 3 rings (SSSR count). The fourth-order valence-electron chi connectivity index (χ4n) is 2.70. The molecule has 9 heteroatoms. The highest BCUT2D eigenvalue weighted by molar-refractivity contribution is 6.35. The highest BCUT2D eigenvalue weighted by Crippen LogP contribution is 2.27. The number of hydrogen-bond acceptors (Lipinski definition) is 6. The minimum atomic E-state index is 0.0499. The summed E-state index contributed by atoms with van der Waals surface area (Å²) in [6.07, 6.45) is 0. The monoisotopic (exact) mass is 383 g/mol. The predicted octanol–water partition coefficient (Wildman–Crippen LogP) is 2.30. The van der Waals surface area contributed by atoms with E-state index < -0.39 is 0 Å². The van der Waals surface area contributed by atoms with Crippen molar-refractivity contribution in [1.29, 1.82) is 0 Å². The van der Waals surface area contributed by atoms with Gasteiger partial charge in [-0.1, -0.05) is 28.4 Å². The number of carbonyl (C=O) groups is 1. The third kappa shape index (κ3) is 4.62. The summed E-state index contributed by atoms with van der Waals surface area (Å²) in [4.78, 5) is 20.2. The van der Waals surface area contributed by atoms with Crippen LogP contribution in [0.4, 0.5) is 6.01 Å². The molecule has 0 unspecified atom stereocenters. The standard InChI is InChI=1S/C16H19Cl2N5O2/c1-2-19-14(24)10-22-3-5-23(6-4-22)16-20-15(21-25-16)11-7-12(17)9-13(18)8-11/h7-9H,2-6,10H2,1H3,(H,19,24). The first-order chi connectivity index (χ1) is 12.0. The molecule has 1 aromatic carbocycles. The van der Waals surface area contributed by atoms with Gasteiger partial charge in [0.05, 0.1) is 6.54 Å². The largest absolute Gasteiger partial charge is 0.355 e. The molecule has 1 N–H and O–H groups in total. The van der Waals surface area contributed by atoms with Crippen LogP contribution < -0.4 is 10.2 Å². The number of anilines is 1. The normalized spacial score (nSPS) is 15.4. The summed E-state index contributed by atoms with van der Waals surface area (Å²) in [6.45, 7) is 5.94. The Bertz CT molecular complexity index is 724. The van der Waals surface area contributed by atoms with E-state index in [-0.39, 0.29) is 5.91 Å². The molecular weight excluding hydrogens is 365 g/mol. The highest BCUT2D eigenvalue weighted by Gasteiger charge is 2.23. The number of piperazine rings is 1. The second-order valence-electron chi connectivity index (χ2n) is 5.78. The average Bonchev–Trinajstić information content (AvgIpc) is 3.05. The zero-order valence-corrected chi connectivity index (χ0v) is 15.3. The molecule has 1 amide bonds. The van der Waals surface area contributed by atoms with Crippen molar-refractivity contribution < 1.29 is 9.32 Å². The topological polar surface area (TPSA) is 74.5 Å². The van der Waals surface area contributed by atoms with Gasteiger partial charge in [0.1, 0.15) is 0 Å². The van der Waals surface area contributed by atoms with Crippen LogP contribution in [-0.4, -0.2) is 60.2 Å². The van der Waals surface area contributed by atoms with E-state index in [9.17, 15) is 4.79 Å². The Hall–Kier alpha value is -1.83. The van der Waals surface area contributed by atoms with Gasteiger partial charge in [0, 0.05) is 48.3 Å². The lowest BCUT2D eigenvalue weighted by molar-refractivity contribution is -0.122. The maximum atomic E-state index is 11.6. The molecule has 1 aliphatic heterocycles. The molecule has 134 valence electrons. The summed E-state index contributed by atoms with van der Waals surface area (Å²) in [7, 11) is 0. The predicted molar refractivity (Wildman–Crippen MR) is 97.1 cm³/mol. The van der Waals surface area contributed by atoms with Gasteiger partial charge >= 0.3 is 6.01 Å². The lowest BCUT2D eigenvalue weighted by atomic mass is 10.2. The Kier molecular flexibility index (Phi) is 5.78. The molecule has 7 nitrogen and oxygen atoms in total. The van der Waals surface area contributed by atoms with Gasteiger partial charge < -0.3 is 14.7 Å². The van der Waals surface area contributed by atoms with E-state index in [1.165, 1.54) is 0 Å². The third-order valence-corrected chi connectivity index (χ3v) is 4.36. The number of benzene rings is 1. The SMILES string of the molecule is CCNC(=O)CN1CCN(c2nc(-c3cc(Cl)cc(Cl)c3)no2)CC1. The number of nitrogens with zero attached hydrogens (tertiary/aromatic N) is 4. The third-order valence-electron chi connectivity index (χ3n) is 3.92. The maximum Gasteiger partial charge on any atom is 0.324 e. The van der Waals surface area contributed by atoms with Crippen molar-refractivity contribution in [3.63, 3.8) is 0 Å². The van der Waals surface area contributed by atoms with Gasteiger partial charge in [-0.15, -0.1) is 0 Å². The number of likely N-dealkylation sites (N-methyl/N-ethyl adjacent to an activating group) is 1. The van der Waals surface area contributed by atoms with Crippen molar-refractivity contribution in [2.75, 3.05) is 44.2 Å². The van der Waals surface area contributed by atoms with Crippen LogP contribution in [0.3, 0.4) is 0 Å². The Morgan fingerprint density at radius 3 is 2.52 bits per heavy atom. The van der Waals surface area contributed by atoms with Gasteiger partial charge in [0.25, 0.3) is 0 Å². The molecule has 0 bridgehead atoms. The number of amides is 1. The molecule has 2 aromatic rings. The van der Waals surface area contributed by atoms with Gasteiger partial charge in [-0.25, -0.2) is 0 Å². The van der Waals surface area contributed by atoms with Gasteiger partial charge in [-0.05, 0) is 25.1 Å². The lowest BCUT2D eigenvalue weighted by Gasteiger charge is -2.32. The zero-order valence-electron chi connectivity index (χ0n) is 13.8. The number of aromatic nitrogens is 2. The number of rotatable bonds is 5. The summed E-state index contributed by atoms with van der Waals surface area (Å²) < 4.78 is 5.37. The number of nitrogens with one attached hydrogen (secondary N) is 1. The summed E-state index contributed by atoms with van der Waals surface area (Å²) >= 11 is 12.0.